The molecule has 2 rings (SSSR count). The number of rotatable bonds is 9. The van der Waals surface area contributed by atoms with Crippen LogP contribution in [-0.4, -0.2) is 42.5 Å². The molecule has 0 unspecified atom stereocenters. The molecule has 0 bridgehead atoms. The fourth-order valence-electron chi connectivity index (χ4n) is 2.78. The molecule has 1 heterocycles. The van der Waals surface area contributed by atoms with E-state index in [-0.39, 0.29) is 0 Å². The Labute approximate surface area is 161 Å². The Balaban J connectivity index is 1.97. The molecular formula is C20H31N5O2. The van der Waals surface area contributed by atoms with Crippen LogP contribution in [0, 0.1) is 13.8 Å². The van der Waals surface area contributed by atoms with E-state index in [1.807, 2.05) is 43.7 Å². The topological polar surface area (TPSA) is 72.7 Å². The number of nitrogens with one attached hydrogen (secondary N) is 2. The molecule has 0 saturated carbocycles. The molecule has 0 aliphatic heterocycles. The summed E-state index contributed by atoms with van der Waals surface area (Å²) in [5.41, 5.74) is 3.13. The molecule has 0 saturated heterocycles. The molecule has 7 heteroatoms. The summed E-state index contributed by atoms with van der Waals surface area (Å²) >= 11 is 0. The van der Waals surface area contributed by atoms with Crippen LogP contribution in [-0.2, 0) is 6.54 Å². The minimum Gasteiger partial charge on any atom is -0.493 e. The molecule has 0 spiro atoms. The normalized spacial score (nSPS) is 11.4. The van der Waals surface area contributed by atoms with Gasteiger partial charge in [0.25, 0.3) is 0 Å². The number of nitrogens with zero attached hydrogens (tertiary/aromatic N) is 3. The highest BCUT2D eigenvalue weighted by atomic mass is 16.5. The van der Waals surface area contributed by atoms with Crippen LogP contribution in [0.15, 0.2) is 29.3 Å². The molecule has 2 N–H and O–H groups in total. The number of aliphatic imine (C=N–C) groups is 1. The number of hydrogen-bond donors (Lipinski definition) is 2. The van der Waals surface area contributed by atoms with Crippen LogP contribution >= 0.6 is 0 Å². The van der Waals surface area contributed by atoms with Crippen molar-refractivity contribution in [1.82, 2.24) is 15.1 Å². The Morgan fingerprint density at radius 3 is 2.63 bits per heavy atom. The van der Waals surface area contributed by atoms with Crippen molar-refractivity contribution in [1.29, 1.82) is 0 Å². The van der Waals surface area contributed by atoms with E-state index in [0.29, 0.717) is 18.9 Å². The van der Waals surface area contributed by atoms with Gasteiger partial charge in [0.1, 0.15) is 0 Å². The molecule has 2 aromatic rings. The molecule has 0 fully saturated rings. The van der Waals surface area contributed by atoms with Gasteiger partial charge in [-0.05, 0) is 52.3 Å². The first-order valence-corrected chi connectivity index (χ1v) is 9.44. The predicted molar refractivity (Wildman–Crippen MR) is 110 cm³/mol. The summed E-state index contributed by atoms with van der Waals surface area (Å²) in [7, 11) is 1.64. The third-order valence-corrected chi connectivity index (χ3v) is 3.97. The second kappa shape index (κ2) is 10.4. The van der Waals surface area contributed by atoms with Crippen molar-refractivity contribution in [2.75, 3.05) is 32.1 Å². The van der Waals surface area contributed by atoms with Crippen molar-refractivity contribution in [2.45, 2.75) is 40.7 Å². The molecule has 0 radical (unpaired) electrons. The molecule has 0 aliphatic rings. The molecule has 0 atom stereocenters. The fraction of sp³-hybridized carbons (Fsp3) is 0.500. The van der Waals surface area contributed by atoms with Crippen LogP contribution in [0.2, 0.25) is 0 Å². The number of guanidine groups is 1. The Bertz CT molecular complexity index is 755. The van der Waals surface area contributed by atoms with Gasteiger partial charge in [0.2, 0.25) is 0 Å². The molecular weight excluding hydrogens is 342 g/mol. The van der Waals surface area contributed by atoms with Crippen molar-refractivity contribution in [3.05, 3.63) is 35.7 Å². The van der Waals surface area contributed by atoms with Crippen LogP contribution in [0.3, 0.4) is 0 Å². The second-order valence-electron chi connectivity index (χ2n) is 6.19. The number of aromatic nitrogens is 2. The van der Waals surface area contributed by atoms with Gasteiger partial charge in [0.15, 0.2) is 17.5 Å². The fourth-order valence-corrected chi connectivity index (χ4v) is 2.78. The highest BCUT2D eigenvalue weighted by molar-refractivity contribution is 5.93. The van der Waals surface area contributed by atoms with Crippen molar-refractivity contribution in [3.63, 3.8) is 0 Å². The number of anilines is 1. The standard InChI is InChI=1S/C20H31N5O2/c1-6-21-20(22-11-8-12-25-16(4)13-15(3)24-25)23-17-9-10-18(27-7-2)19(14-17)26-5/h9-10,13-14H,6-8,11-12H2,1-5H3,(H2,21,22,23). The van der Waals surface area contributed by atoms with Crippen LogP contribution in [0.25, 0.3) is 0 Å². The minimum atomic E-state index is 0.600. The van der Waals surface area contributed by atoms with E-state index in [1.165, 1.54) is 5.69 Å². The van der Waals surface area contributed by atoms with Gasteiger partial charge in [-0.3, -0.25) is 9.67 Å². The van der Waals surface area contributed by atoms with Crippen molar-refractivity contribution in [2.24, 2.45) is 4.99 Å². The van der Waals surface area contributed by atoms with Crippen molar-refractivity contribution in [3.8, 4) is 11.5 Å². The second-order valence-corrected chi connectivity index (χ2v) is 6.19. The molecule has 0 amide bonds. The first-order chi connectivity index (χ1) is 13.1. The molecule has 7 nitrogen and oxygen atoms in total. The van der Waals surface area contributed by atoms with Crippen LogP contribution in [0.5, 0.6) is 11.5 Å². The van der Waals surface area contributed by atoms with E-state index in [4.69, 9.17) is 9.47 Å². The Kier molecular flexibility index (Phi) is 7.98. The lowest BCUT2D eigenvalue weighted by Gasteiger charge is -2.14. The summed E-state index contributed by atoms with van der Waals surface area (Å²) in [6.07, 6.45) is 0.922. The van der Waals surface area contributed by atoms with Crippen LogP contribution in [0.1, 0.15) is 31.7 Å². The SMILES string of the molecule is CCNC(=NCCCn1nc(C)cc1C)Nc1ccc(OCC)c(OC)c1. The number of ether oxygens (including phenoxy) is 2. The van der Waals surface area contributed by atoms with E-state index < -0.39 is 0 Å². The van der Waals surface area contributed by atoms with Gasteiger partial charge < -0.3 is 20.1 Å². The molecule has 27 heavy (non-hydrogen) atoms. The van der Waals surface area contributed by atoms with E-state index in [2.05, 4.69) is 33.7 Å². The van der Waals surface area contributed by atoms with Crippen LogP contribution in [0.4, 0.5) is 5.69 Å². The monoisotopic (exact) mass is 373 g/mol. The largest absolute Gasteiger partial charge is 0.493 e. The average molecular weight is 374 g/mol. The van der Waals surface area contributed by atoms with E-state index in [0.717, 1.165) is 42.6 Å². The summed E-state index contributed by atoms with van der Waals surface area (Å²) < 4.78 is 13.0. The molecule has 1 aromatic heterocycles. The zero-order valence-electron chi connectivity index (χ0n) is 17.0. The van der Waals surface area contributed by atoms with Gasteiger partial charge in [-0.1, -0.05) is 0 Å². The lowest BCUT2D eigenvalue weighted by atomic mass is 10.2. The highest BCUT2D eigenvalue weighted by Crippen LogP contribution is 2.30. The molecule has 0 aliphatic carbocycles. The first kappa shape index (κ1) is 20.6. The van der Waals surface area contributed by atoms with E-state index >= 15 is 0 Å². The summed E-state index contributed by atoms with van der Waals surface area (Å²) in [4.78, 5) is 4.66. The summed E-state index contributed by atoms with van der Waals surface area (Å²) in [5, 5.41) is 11.1. The van der Waals surface area contributed by atoms with Gasteiger partial charge in [0.05, 0.1) is 19.4 Å². The lowest BCUT2D eigenvalue weighted by molar-refractivity contribution is 0.311. The number of aryl methyl sites for hydroxylation is 3. The Morgan fingerprint density at radius 2 is 2.00 bits per heavy atom. The summed E-state index contributed by atoms with van der Waals surface area (Å²) in [6, 6.07) is 7.86. The predicted octanol–water partition coefficient (Wildman–Crippen LogP) is 3.37. The number of hydrogen-bond acceptors (Lipinski definition) is 4. The molecule has 1 aromatic carbocycles. The van der Waals surface area contributed by atoms with Gasteiger partial charge in [-0.25, -0.2) is 0 Å². The van der Waals surface area contributed by atoms with Gasteiger partial charge >= 0.3 is 0 Å². The third-order valence-electron chi connectivity index (χ3n) is 3.97. The van der Waals surface area contributed by atoms with Crippen molar-refractivity contribution >= 4 is 11.6 Å². The average Bonchev–Trinajstić information content (AvgIpc) is 2.97. The number of methoxy groups -OCH3 is 1. The van der Waals surface area contributed by atoms with Gasteiger partial charge in [-0.15, -0.1) is 0 Å². The maximum absolute atomic E-state index is 5.56. The van der Waals surface area contributed by atoms with Crippen LogP contribution < -0.4 is 20.1 Å². The Morgan fingerprint density at radius 1 is 1.19 bits per heavy atom. The summed E-state index contributed by atoms with van der Waals surface area (Å²) in [5.74, 6) is 2.18. The highest BCUT2D eigenvalue weighted by Gasteiger charge is 2.07. The zero-order chi connectivity index (χ0) is 19.6. The minimum absolute atomic E-state index is 0.600. The van der Waals surface area contributed by atoms with Gasteiger partial charge in [0, 0.05) is 37.1 Å². The Hall–Kier alpha value is -2.70. The third kappa shape index (κ3) is 6.20. The lowest BCUT2D eigenvalue weighted by Crippen LogP contribution is -2.30. The smallest absolute Gasteiger partial charge is 0.195 e. The maximum Gasteiger partial charge on any atom is 0.195 e. The van der Waals surface area contributed by atoms with E-state index in [1.54, 1.807) is 7.11 Å². The molecule has 148 valence electrons. The van der Waals surface area contributed by atoms with Gasteiger partial charge in [-0.2, -0.15) is 5.10 Å². The first-order valence-electron chi connectivity index (χ1n) is 9.44. The van der Waals surface area contributed by atoms with Crippen molar-refractivity contribution < 1.29 is 9.47 Å². The van der Waals surface area contributed by atoms with E-state index in [9.17, 15) is 0 Å². The zero-order valence-corrected chi connectivity index (χ0v) is 17.0. The number of benzene rings is 1. The maximum atomic E-state index is 5.56. The quantitative estimate of drug-likeness (QED) is 0.400. The summed E-state index contributed by atoms with van der Waals surface area (Å²) in [6.45, 7) is 11.1.